The van der Waals surface area contributed by atoms with E-state index in [0.29, 0.717) is 13.0 Å². The van der Waals surface area contributed by atoms with Gasteiger partial charge in [0, 0.05) is 11.3 Å². The number of carboxylic acids is 1. The molecular weight excluding hydrogens is 238 g/mol. The summed E-state index contributed by atoms with van der Waals surface area (Å²) in [5, 5.41) is 12.0. The second kappa shape index (κ2) is 4.88. The van der Waals surface area contributed by atoms with Crippen LogP contribution in [0.3, 0.4) is 0 Å². The van der Waals surface area contributed by atoms with E-state index in [2.05, 4.69) is 11.6 Å². The van der Waals surface area contributed by atoms with Gasteiger partial charge in [0.05, 0.1) is 11.8 Å². The fourth-order valence-electron chi connectivity index (χ4n) is 2.54. The van der Waals surface area contributed by atoms with E-state index < -0.39 is 11.9 Å². The molecule has 5 heteroatoms. The lowest BCUT2D eigenvalue weighted by atomic mass is 9.95. The van der Waals surface area contributed by atoms with Gasteiger partial charge in [-0.1, -0.05) is 6.42 Å². The van der Waals surface area contributed by atoms with E-state index in [1.165, 1.54) is 0 Å². The highest BCUT2D eigenvalue weighted by Gasteiger charge is 2.43. The molecule has 96 valence electrons. The predicted molar refractivity (Wildman–Crippen MR) is 67.0 cm³/mol. The fraction of sp³-hybridized carbons (Fsp3) is 0.833. The van der Waals surface area contributed by atoms with Crippen LogP contribution in [0.5, 0.6) is 0 Å². The van der Waals surface area contributed by atoms with Gasteiger partial charge in [0.2, 0.25) is 5.91 Å². The SMILES string of the molecule is CSC1(CNC(=O)C2CCCC2C(=O)O)CC1. The van der Waals surface area contributed by atoms with Crippen LogP contribution in [0, 0.1) is 11.8 Å². The van der Waals surface area contributed by atoms with Gasteiger partial charge in [-0.25, -0.2) is 0 Å². The van der Waals surface area contributed by atoms with Gasteiger partial charge in [-0.3, -0.25) is 9.59 Å². The molecule has 0 bridgehead atoms. The molecule has 4 nitrogen and oxygen atoms in total. The maximum atomic E-state index is 12.0. The molecule has 0 radical (unpaired) electrons. The fourth-order valence-corrected chi connectivity index (χ4v) is 3.27. The molecule has 0 aromatic heterocycles. The van der Waals surface area contributed by atoms with Gasteiger partial charge in [-0.05, 0) is 31.9 Å². The minimum absolute atomic E-state index is 0.0600. The van der Waals surface area contributed by atoms with Gasteiger partial charge >= 0.3 is 5.97 Å². The minimum atomic E-state index is -0.825. The van der Waals surface area contributed by atoms with Crippen LogP contribution in [-0.2, 0) is 9.59 Å². The van der Waals surface area contributed by atoms with E-state index in [-0.39, 0.29) is 16.6 Å². The highest BCUT2D eigenvalue weighted by molar-refractivity contribution is 8.00. The molecule has 2 rings (SSSR count). The lowest BCUT2D eigenvalue weighted by Crippen LogP contribution is -2.39. The first kappa shape index (κ1) is 12.7. The minimum Gasteiger partial charge on any atom is -0.481 e. The van der Waals surface area contributed by atoms with Gasteiger partial charge in [0.15, 0.2) is 0 Å². The molecule has 0 aromatic rings. The van der Waals surface area contributed by atoms with Crippen molar-refractivity contribution >= 4 is 23.6 Å². The van der Waals surface area contributed by atoms with Crippen molar-refractivity contribution in [3.05, 3.63) is 0 Å². The number of hydrogen-bond acceptors (Lipinski definition) is 3. The number of amides is 1. The average Bonchev–Trinajstić information content (AvgIpc) is 2.91. The molecule has 0 saturated heterocycles. The second-order valence-corrected chi connectivity index (χ2v) is 6.36. The summed E-state index contributed by atoms with van der Waals surface area (Å²) in [6, 6.07) is 0. The first-order chi connectivity index (χ1) is 8.08. The first-order valence-corrected chi connectivity index (χ1v) is 7.36. The van der Waals surface area contributed by atoms with Crippen molar-refractivity contribution in [2.45, 2.75) is 36.9 Å². The highest BCUT2D eigenvalue weighted by Crippen LogP contribution is 2.46. The van der Waals surface area contributed by atoms with Crippen molar-refractivity contribution in [2.75, 3.05) is 12.8 Å². The summed E-state index contributed by atoms with van der Waals surface area (Å²) in [7, 11) is 0. The number of rotatable bonds is 5. The monoisotopic (exact) mass is 257 g/mol. The molecule has 0 aromatic carbocycles. The van der Waals surface area contributed by atoms with E-state index in [1.54, 1.807) is 11.8 Å². The van der Waals surface area contributed by atoms with Crippen LogP contribution in [0.25, 0.3) is 0 Å². The lowest BCUT2D eigenvalue weighted by Gasteiger charge is -2.18. The zero-order valence-corrected chi connectivity index (χ0v) is 10.9. The number of aliphatic carboxylic acids is 1. The Morgan fingerprint density at radius 3 is 2.53 bits per heavy atom. The van der Waals surface area contributed by atoms with Gasteiger partial charge in [-0.15, -0.1) is 0 Å². The van der Waals surface area contributed by atoms with Crippen molar-refractivity contribution in [3.8, 4) is 0 Å². The molecule has 17 heavy (non-hydrogen) atoms. The van der Waals surface area contributed by atoms with E-state index >= 15 is 0 Å². The topological polar surface area (TPSA) is 66.4 Å². The highest BCUT2D eigenvalue weighted by atomic mass is 32.2. The zero-order chi connectivity index (χ0) is 12.5. The number of carbonyl (C=O) groups excluding carboxylic acids is 1. The number of hydrogen-bond donors (Lipinski definition) is 2. The smallest absolute Gasteiger partial charge is 0.307 e. The largest absolute Gasteiger partial charge is 0.481 e. The van der Waals surface area contributed by atoms with Crippen LogP contribution in [0.1, 0.15) is 32.1 Å². The molecule has 1 amide bonds. The van der Waals surface area contributed by atoms with E-state index in [0.717, 1.165) is 25.7 Å². The van der Waals surface area contributed by atoms with Crippen molar-refractivity contribution in [3.63, 3.8) is 0 Å². The third-order valence-electron chi connectivity index (χ3n) is 4.00. The van der Waals surface area contributed by atoms with E-state index in [1.807, 2.05) is 0 Å². The molecule has 2 saturated carbocycles. The van der Waals surface area contributed by atoms with Gasteiger partial charge in [-0.2, -0.15) is 11.8 Å². The Balaban J connectivity index is 1.85. The van der Waals surface area contributed by atoms with E-state index in [4.69, 9.17) is 5.11 Å². The maximum Gasteiger partial charge on any atom is 0.307 e. The Bertz CT molecular complexity index is 328. The third kappa shape index (κ3) is 2.76. The quantitative estimate of drug-likeness (QED) is 0.783. The summed E-state index contributed by atoms with van der Waals surface area (Å²) in [5.41, 5.74) is 0. The molecule has 2 fully saturated rings. The van der Waals surface area contributed by atoms with Crippen molar-refractivity contribution < 1.29 is 14.7 Å². The number of nitrogens with one attached hydrogen (secondary N) is 1. The Morgan fingerprint density at radius 1 is 1.35 bits per heavy atom. The van der Waals surface area contributed by atoms with Crippen LogP contribution in [0.2, 0.25) is 0 Å². The van der Waals surface area contributed by atoms with Crippen LogP contribution in [-0.4, -0.2) is 34.5 Å². The van der Waals surface area contributed by atoms with Crippen molar-refractivity contribution in [1.29, 1.82) is 0 Å². The molecule has 2 unspecified atom stereocenters. The molecule has 0 aliphatic heterocycles. The van der Waals surface area contributed by atoms with Crippen molar-refractivity contribution in [1.82, 2.24) is 5.32 Å². The first-order valence-electron chi connectivity index (χ1n) is 6.14. The lowest BCUT2D eigenvalue weighted by molar-refractivity contribution is -0.146. The summed E-state index contributed by atoms with van der Waals surface area (Å²) in [5.74, 6) is -1.67. The normalized spacial score (nSPS) is 29.9. The Labute approximate surface area is 106 Å². The molecular formula is C12H19NO3S. The summed E-state index contributed by atoms with van der Waals surface area (Å²) in [6.45, 7) is 0.690. The number of carbonyl (C=O) groups is 2. The van der Waals surface area contributed by atoms with Crippen LogP contribution < -0.4 is 5.32 Å². The Kier molecular flexibility index (Phi) is 3.66. The molecule has 0 spiro atoms. The molecule has 2 atom stereocenters. The summed E-state index contributed by atoms with van der Waals surface area (Å²) in [4.78, 5) is 23.0. The van der Waals surface area contributed by atoms with Gasteiger partial charge in [0.25, 0.3) is 0 Å². The Morgan fingerprint density at radius 2 is 2.00 bits per heavy atom. The summed E-state index contributed by atoms with van der Waals surface area (Å²) in [6.07, 6.45) is 6.58. The Hall–Kier alpha value is -0.710. The number of carboxylic acid groups (broad SMARTS) is 1. The summed E-state index contributed by atoms with van der Waals surface area (Å²) < 4.78 is 0.243. The third-order valence-corrected chi connectivity index (χ3v) is 5.41. The van der Waals surface area contributed by atoms with Crippen LogP contribution in [0.15, 0.2) is 0 Å². The van der Waals surface area contributed by atoms with Gasteiger partial charge < -0.3 is 10.4 Å². The standard InChI is InChI=1S/C12H19NO3S/c1-17-12(5-6-12)7-13-10(14)8-3-2-4-9(8)11(15)16/h8-9H,2-7H2,1H3,(H,13,14)(H,15,16). The second-order valence-electron chi connectivity index (χ2n) is 5.09. The molecule has 0 heterocycles. The van der Waals surface area contributed by atoms with Crippen LogP contribution in [0.4, 0.5) is 0 Å². The van der Waals surface area contributed by atoms with Gasteiger partial charge in [0.1, 0.15) is 0 Å². The zero-order valence-electron chi connectivity index (χ0n) is 10.1. The predicted octanol–water partition coefficient (Wildman–Crippen LogP) is 1.50. The molecule has 2 aliphatic rings. The molecule has 2 aliphatic carbocycles. The van der Waals surface area contributed by atoms with Crippen molar-refractivity contribution in [2.24, 2.45) is 11.8 Å². The summed E-state index contributed by atoms with van der Waals surface area (Å²) >= 11 is 1.80. The maximum absolute atomic E-state index is 12.0. The number of thioether (sulfide) groups is 1. The molecule has 2 N–H and O–H groups in total. The average molecular weight is 257 g/mol. The van der Waals surface area contributed by atoms with Crippen LogP contribution >= 0.6 is 11.8 Å². The van der Waals surface area contributed by atoms with E-state index in [9.17, 15) is 9.59 Å².